The van der Waals surface area contributed by atoms with Crippen LogP contribution in [0.25, 0.3) is 0 Å². The van der Waals surface area contributed by atoms with Gasteiger partial charge in [0.25, 0.3) is 0 Å². The molecular formula is C32H37F2N2NaO5. The third-order valence-corrected chi connectivity index (χ3v) is 6.60. The molecule has 10 heteroatoms. The van der Waals surface area contributed by atoms with Crippen molar-refractivity contribution in [3.8, 4) is 11.5 Å². The van der Waals surface area contributed by atoms with Gasteiger partial charge in [-0.15, -0.1) is 0 Å². The van der Waals surface area contributed by atoms with Crippen LogP contribution in [0.3, 0.4) is 0 Å². The first-order valence-corrected chi connectivity index (χ1v) is 13.9. The summed E-state index contributed by atoms with van der Waals surface area (Å²) < 4.78 is 38.9. The number of halogens is 2. The minimum Gasteiger partial charge on any atom is -0.546 e. The zero-order valence-corrected chi connectivity index (χ0v) is 26.5. The van der Waals surface area contributed by atoms with Crippen LogP contribution in [0.1, 0.15) is 51.5 Å². The topological polar surface area (TPSA) is 90.9 Å². The van der Waals surface area contributed by atoms with Crippen LogP contribution < -0.4 is 49.5 Å². The number of hydrogen-bond donors (Lipinski definition) is 1. The number of carboxylic acids is 1. The largest absolute Gasteiger partial charge is 1.00 e. The number of carboxylic acid groups (broad SMARTS) is 1. The number of hydrogen-bond acceptors (Lipinski definition) is 5. The van der Waals surface area contributed by atoms with Crippen LogP contribution in [0.5, 0.6) is 11.5 Å². The van der Waals surface area contributed by atoms with Crippen molar-refractivity contribution in [2.45, 2.75) is 58.0 Å². The average Bonchev–Trinajstić information content (AvgIpc) is 2.94. The Morgan fingerprint density at radius 3 is 2.24 bits per heavy atom. The van der Waals surface area contributed by atoms with Crippen LogP contribution >= 0.6 is 0 Å². The molecule has 0 saturated carbocycles. The first kappa shape index (κ1) is 35.1. The predicted molar refractivity (Wildman–Crippen MR) is 152 cm³/mol. The van der Waals surface area contributed by atoms with Crippen LogP contribution in [-0.4, -0.2) is 42.2 Å². The van der Waals surface area contributed by atoms with Crippen molar-refractivity contribution < 1.29 is 62.5 Å². The molecule has 0 aliphatic rings. The number of urea groups is 1. The molecule has 3 aromatic rings. The van der Waals surface area contributed by atoms with E-state index in [4.69, 9.17) is 9.47 Å². The molecule has 0 fully saturated rings. The number of carbonyl (C=O) groups is 2. The average molecular weight is 591 g/mol. The maximum absolute atomic E-state index is 14.1. The minimum absolute atomic E-state index is 0. The molecule has 42 heavy (non-hydrogen) atoms. The molecule has 3 aromatic carbocycles. The van der Waals surface area contributed by atoms with Crippen LogP contribution in [0.15, 0.2) is 72.8 Å². The number of ether oxygens (including phenoxy) is 2. The maximum Gasteiger partial charge on any atom is 1.00 e. The smallest absolute Gasteiger partial charge is 0.546 e. The Morgan fingerprint density at radius 2 is 1.60 bits per heavy atom. The van der Waals surface area contributed by atoms with Gasteiger partial charge in [-0.1, -0.05) is 62.9 Å². The van der Waals surface area contributed by atoms with E-state index in [1.54, 1.807) is 53.4 Å². The van der Waals surface area contributed by atoms with E-state index in [-0.39, 0.29) is 54.8 Å². The van der Waals surface area contributed by atoms with E-state index in [9.17, 15) is 23.5 Å². The van der Waals surface area contributed by atoms with E-state index in [0.717, 1.165) is 49.8 Å². The van der Waals surface area contributed by atoms with Crippen LogP contribution in [0.2, 0.25) is 0 Å². The van der Waals surface area contributed by atoms with Crippen molar-refractivity contribution in [2.75, 3.05) is 25.0 Å². The second-order valence-electron chi connectivity index (χ2n) is 10.1. The standard InChI is InChI=1S/C32H38F2N2O5.Na/c1-3-4-5-6-10-19-36(31(39)35-29-18-15-25(33)22-28(29)34)20-21-40-26-16-13-24(14-17-26)23-32(2,30(37)38)41-27-11-8-7-9-12-27;/h7-9,11-18,22H,3-6,10,19-21,23H2,1-2H3,(H,35,39)(H,37,38);/q;+1/p-1. The third-order valence-electron chi connectivity index (χ3n) is 6.60. The number of nitrogens with one attached hydrogen (secondary N) is 1. The Hall–Kier alpha value is -3.14. The zero-order chi connectivity index (χ0) is 29.7. The maximum atomic E-state index is 14.1. The number of unbranched alkanes of at least 4 members (excludes halogenated alkanes) is 4. The van der Waals surface area contributed by atoms with Gasteiger partial charge >= 0.3 is 35.6 Å². The van der Waals surface area contributed by atoms with Crippen LogP contribution in [0.4, 0.5) is 19.3 Å². The second kappa shape index (κ2) is 17.7. The fourth-order valence-corrected chi connectivity index (χ4v) is 4.27. The Morgan fingerprint density at radius 1 is 0.905 bits per heavy atom. The van der Waals surface area contributed by atoms with Crippen LogP contribution in [-0.2, 0) is 11.2 Å². The summed E-state index contributed by atoms with van der Waals surface area (Å²) >= 11 is 0. The molecule has 2 amide bonds. The molecule has 0 radical (unpaired) electrons. The molecule has 1 unspecified atom stereocenters. The number of aliphatic carboxylic acids is 1. The fourth-order valence-electron chi connectivity index (χ4n) is 4.27. The van der Waals surface area contributed by atoms with Crippen molar-refractivity contribution in [1.82, 2.24) is 4.90 Å². The molecule has 0 aliphatic carbocycles. The molecule has 7 nitrogen and oxygen atoms in total. The summed E-state index contributed by atoms with van der Waals surface area (Å²) in [5.41, 5.74) is -0.947. The second-order valence-corrected chi connectivity index (χ2v) is 10.1. The molecule has 3 rings (SSSR count). The monoisotopic (exact) mass is 590 g/mol. The molecule has 1 N–H and O–H groups in total. The van der Waals surface area contributed by atoms with Gasteiger partial charge in [-0.3, -0.25) is 0 Å². The van der Waals surface area contributed by atoms with Crippen molar-refractivity contribution in [2.24, 2.45) is 0 Å². The summed E-state index contributed by atoms with van der Waals surface area (Å²) in [4.78, 5) is 26.4. The minimum atomic E-state index is -1.57. The Labute approximate surface area is 268 Å². The zero-order valence-electron chi connectivity index (χ0n) is 24.5. The van der Waals surface area contributed by atoms with Gasteiger partial charge in [0, 0.05) is 19.0 Å². The van der Waals surface area contributed by atoms with E-state index in [0.29, 0.717) is 18.0 Å². The van der Waals surface area contributed by atoms with Crippen molar-refractivity contribution in [3.63, 3.8) is 0 Å². The number of para-hydroxylation sites is 1. The van der Waals surface area contributed by atoms with E-state index >= 15 is 0 Å². The van der Waals surface area contributed by atoms with Gasteiger partial charge in [0.1, 0.15) is 35.3 Å². The molecule has 0 bridgehead atoms. The molecule has 0 saturated heterocycles. The van der Waals surface area contributed by atoms with E-state index in [1.807, 2.05) is 6.07 Å². The molecule has 0 spiro atoms. The van der Waals surface area contributed by atoms with Gasteiger partial charge in [-0.25, -0.2) is 13.6 Å². The van der Waals surface area contributed by atoms with Crippen molar-refractivity contribution in [1.29, 1.82) is 0 Å². The van der Waals surface area contributed by atoms with Crippen LogP contribution in [0, 0.1) is 11.6 Å². The summed E-state index contributed by atoms with van der Waals surface area (Å²) in [6, 6.07) is 18.1. The summed E-state index contributed by atoms with van der Waals surface area (Å²) in [6.45, 7) is 4.49. The van der Waals surface area contributed by atoms with Crippen molar-refractivity contribution in [3.05, 3.63) is 90.0 Å². The fraction of sp³-hybridized carbons (Fsp3) is 0.375. The SMILES string of the molecule is CCCCCCCN(CCOc1ccc(CC(C)(Oc2ccccc2)C(=O)[O-])cc1)C(=O)Nc1ccc(F)cc1F.[Na+]. The summed E-state index contributed by atoms with van der Waals surface area (Å²) in [6.07, 6.45) is 5.12. The van der Waals surface area contributed by atoms with Gasteiger partial charge in [0.05, 0.1) is 18.2 Å². The first-order chi connectivity index (χ1) is 19.7. The Kier molecular flexibility index (Phi) is 14.8. The molecule has 1 atom stereocenters. The molecular weight excluding hydrogens is 553 g/mol. The van der Waals surface area contributed by atoms with Gasteiger partial charge in [0.2, 0.25) is 0 Å². The first-order valence-electron chi connectivity index (χ1n) is 13.9. The predicted octanol–water partition coefficient (Wildman–Crippen LogP) is 2.98. The number of anilines is 1. The molecule has 220 valence electrons. The third kappa shape index (κ3) is 11.3. The van der Waals surface area contributed by atoms with Gasteiger partial charge in [0.15, 0.2) is 0 Å². The van der Waals surface area contributed by atoms with E-state index in [2.05, 4.69) is 12.2 Å². The Balaban J connectivity index is 0.00000616. The summed E-state index contributed by atoms with van der Waals surface area (Å²) in [5.74, 6) is -1.92. The quantitative estimate of drug-likeness (QED) is 0.205. The number of rotatable bonds is 16. The summed E-state index contributed by atoms with van der Waals surface area (Å²) in [7, 11) is 0. The number of benzene rings is 3. The van der Waals surface area contributed by atoms with Gasteiger partial charge in [-0.05, 0) is 55.3 Å². The van der Waals surface area contributed by atoms with Gasteiger partial charge < -0.3 is 29.6 Å². The molecule has 0 aliphatic heterocycles. The molecule has 0 heterocycles. The molecule has 0 aromatic heterocycles. The normalized spacial score (nSPS) is 12.0. The Bertz CT molecular complexity index is 1260. The van der Waals surface area contributed by atoms with Crippen molar-refractivity contribution >= 4 is 17.7 Å². The number of nitrogens with zero attached hydrogens (tertiary/aromatic N) is 1. The number of carbonyl (C=O) groups excluding carboxylic acids is 2. The van der Waals surface area contributed by atoms with E-state index in [1.165, 1.54) is 13.0 Å². The summed E-state index contributed by atoms with van der Waals surface area (Å²) in [5, 5.41) is 14.4. The van der Waals surface area contributed by atoms with E-state index < -0.39 is 29.2 Å². The number of amides is 2. The van der Waals surface area contributed by atoms with Gasteiger partial charge in [-0.2, -0.15) is 0 Å².